The van der Waals surface area contributed by atoms with E-state index in [2.05, 4.69) is 0 Å². The second kappa shape index (κ2) is 5.75. The van der Waals surface area contributed by atoms with Crippen LogP contribution in [0.3, 0.4) is 0 Å². The summed E-state index contributed by atoms with van der Waals surface area (Å²) in [6.45, 7) is 3.97. The van der Waals surface area contributed by atoms with Crippen LogP contribution >= 0.6 is 11.8 Å². The van der Waals surface area contributed by atoms with Gasteiger partial charge in [0.15, 0.2) is 5.78 Å². The van der Waals surface area contributed by atoms with E-state index in [1.807, 2.05) is 19.1 Å². The lowest BCUT2D eigenvalue weighted by atomic mass is 10.1. The lowest BCUT2D eigenvalue weighted by Crippen LogP contribution is -2.40. The SMILES string of the molecule is CC(=O)c1ccc2c(c1)SC(C)C(=O)N2CCCO. The Balaban J connectivity index is 2.38. The summed E-state index contributed by atoms with van der Waals surface area (Å²) in [5, 5.41) is 8.77. The molecule has 1 unspecified atom stereocenters. The van der Waals surface area contributed by atoms with Gasteiger partial charge in [-0.3, -0.25) is 9.59 Å². The number of aliphatic hydroxyl groups is 1. The van der Waals surface area contributed by atoms with E-state index in [9.17, 15) is 9.59 Å². The first kappa shape index (κ1) is 14.1. The summed E-state index contributed by atoms with van der Waals surface area (Å²) >= 11 is 1.48. The Kier molecular flexibility index (Phi) is 4.27. The monoisotopic (exact) mass is 279 g/mol. The van der Waals surface area contributed by atoms with E-state index < -0.39 is 0 Å². The number of Topliss-reactive ketones (excluding diaryl/α,β-unsaturated/α-hetero) is 1. The number of amides is 1. The summed E-state index contributed by atoms with van der Waals surface area (Å²) in [5.74, 6) is 0.0800. The van der Waals surface area contributed by atoms with Crippen molar-refractivity contribution >= 4 is 29.1 Å². The van der Waals surface area contributed by atoms with Crippen molar-refractivity contribution in [2.75, 3.05) is 18.1 Å². The first-order valence-corrected chi connectivity index (χ1v) is 7.16. The highest BCUT2D eigenvalue weighted by Crippen LogP contribution is 2.39. The lowest BCUT2D eigenvalue weighted by Gasteiger charge is -2.32. The average molecular weight is 279 g/mol. The fraction of sp³-hybridized carbons (Fsp3) is 0.429. The average Bonchev–Trinajstić information content (AvgIpc) is 2.38. The predicted octanol–water partition coefficient (Wildman–Crippen LogP) is 2.10. The number of nitrogens with zero attached hydrogens (tertiary/aromatic N) is 1. The van der Waals surface area contributed by atoms with Gasteiger partial charge in [-0.25, -0.2) is 0 Å². The van der Waals surface area contributed by atoms with Crippen LogP contribution in [0.4, 0.5) is 5.69 Å². The number of carbonyl (C=O) groups is 2. The second-order valence-corrected chi connectivity index (χ2v) is 5.95. The number of carbonyl (C=O) groups excluding carboxylic acids is 2. The molecule has 0 saturated carbocycles. The highest BCUT2D eigenvalue weighted by Gasteiger charge is 2.30. The van der Waals surface area contributed by atoms with Gasteiger partial charge in [0.1, 0.15) is 0 Å². The molecule has 19 heavy (non-hydrogen) atoms. The lowest BCUT2D eigenvalue weighted by molar-refractivity contribution is -0.118. The van der Waals surface area contributed by atoms with Crippen molar-refractivity contribution in [3.63, 3.8) is 0 Å². The van der Waals surface area contributed by atoms with Crippen LogP contribution in [0.2, 0.25) is 0 Å². The summed E-state index contributed by atoms with van der Waals surface area (Å²) in [7, 11) is 0. The highest BCUT2D eigenvalue weighted by molar-refractivity contribution is 8.01. The van der Waals surface area contributed by atoms with E-state index in [0.717, 1.165) is 10.6 Å². The van der Waals surface area contributed by atoms with Gasteiger partial charge in [-0.05, 0) is 38.5 Å². The number of rotatable bonds is 4. The number of aliphatic hydroxyl groups excluding tert-OH is 1. The molecule has 1 aliphatic heterocycles. The Morgan fingerprint density at radius 1 is 1.47 bits per heavy atom. The highest BCUT2D eigenvalue weighted by atomic mass is 32.2. The van der Waals surface area contributed by atoms with Crippen molar-refractivity contribution in [2.24, 2.45) is 0 Å². The molecular formula is C14H17NO3S. The van der Waals surface area contributed by atoms with Crippen LogP contribution < -0.4 is 4.90 Å². The van der Waals surface area contributed by atoms with Crippen molar-refractivity contribution in [2.45, 2.75) is 30.4 Å². The molecule has 0 spiro atoms. The summed E-state index contributed by atoms with van der Waals surface area (Å²) in [4.78, 5) is 26.2. The molecule has 1 aromatic rings. The zero-order valence-corrected chi connectivity index (χ0v) is 11.9. The fourth-order valence-corrected chi connectivity index (χ4v) is 3.19. The summed E-state index contributed by atoms with van der Waals surface area (Å²) in [6, 6.07) is 5.41. The molecule has 1 aliphatic rings. The first-order chi connectivity index (χ1) is 9.04. The molecule has 1 N–H and O–H groups in total. The van der Waals surface area contributed by atoms with Crippen LogP contribution in [0.5, 0.6) is 0 Å². The van der Waals surface area contributed by atoms with Gasteiger partial charge >= 0.3 is 0 Å². The quantitative estimate of drug-likeness (QED) is 0.858. The standard InChI is InChI=1S/C14H17NO3S/c1-9(17)11-4-5-12-13(8-11)19-10(2)14(18)15(12)6-3-7-16/h4-5,8,10,16H,3,6-7H2,1-2H3. The Morgan fingerprint density at radius 2 is 2.21 bits per heavy atom. The van der Waals surface area contributed by atoms with Crippen LogP contribution in [0.15, 0.2) is 23.1 Å². The van der Waals surface area contributed by atoms with Crippen molar-refractivity contribution in [1.29, 1.82) is 0 Å². The fourth-order valence-electron chi connectivity index (χ4n) is 2.09. The molecule has 1 heterocycles. The van der Waals surface area contributed by atoms with Crippen LogP contribution in [0.1, 0.15) is 30.6 Å². The zero-order chi connectivity index (χ0) is 14.0. The predicted molar refractivity (Wildman–Crippen MR) is 75.8 cm³/mol. The van der Waals surface area contributed by atoms with E-state index in [4.69, 9.17) is 5.11 Å². The molecule has 0 aromatic heterocycles. The molecule has 0 aliphatic carbocycles. The minimum atomic E-state index is -0.159. The molecule has 1 aromatic carbocycles. The number of thioether (sulfide) groups is 1. The van der Waals surface area contributed by atoms with Gasteiger partial charge in [-0.2, -0.15) is 0 Å². The molecule has 0 bridgehead atoms. The first-order valence-electron chi connectivity index (χ1n) is 6.28. The molecule has 2 rings (SSSR count). The molecule has 0 radical (unpaired) electrons. The Bertz CT molecular complexity index is 515. The Labute approximate surface area is 116 Å². The van der Waals surface area contributed by atoms with E-state index in [-0.39, 0.29) is 23.5 Å². The van der Waals surface area contributed by atoms with Crippen LogP contribution in [0, 0.1) is 0 Å². The minimum absolute atomic E-state index is 0.0230. The van der Waals surface area contributed by atoms with Gasteiger partial charge in [0, 0.05) is 23.6 Å². The third kappa shape index (κ3) is 2.82. The number of hydrogen-bond acceptors (Lipinski definition) is 4. The van der Waals surface area contributed by atoms with Crippen molar-refractivity contribution in [3.8, 4) is 0 Å². The summed E-state index contributed by atoms with van der Waals surface area (Å²) in [5.41, 5.74) is 1.50. The van der Waals surface area contributed by atoms with Crippen LogP contribution in [-0.4, -0.2) is 35.2 Å². The van der Waals surface area contributed by atoms with Gasteiger partial charge < -0.3 is 10.0 Å². The van der Waals surface area contributed by atoms with Gasteiger partial charge in [0.05, 0.1) is 10.9 Å². The number of fused-ring (bicyclic) bond motifs is 1. The zero-order valence-electron chi connectivity index (χ0n) is 11.0. The number of ketones is 1. The van der Waals surface area contributed by atoms with Crippen molar-refractivity contribution < 1.29 is 14.7 Å². The van der Waals surface area contributed by atoms with Crippen LogP contribution in [0.25, 0.3) is 0 Å². The van der Waals surface area contributed by atoms with E-state index in [1.165, 1.54) is 18.7 Å². The molecule has 5 heteroatoms. The molecular weight excluding hydrogens is 262 g/mol. The third-order valence-electron chi connectivity index (χ3n) is 3.11. The number of hydrogen-bond donors (Lipinski definition) is 1. The molecule has 102 valence electrons. The van der Waals surface area contributed by atoms with Gasteiger partial charge in [0.2, 0.25) is 5.91 Å². The normalized spacial score (nSPS) is 18.4. The molecule has 0 saturated heterocycles. The smallest absolute Gasteiger partial charge is 0.240 e. The maximum absolute atomic E-state index is 12.2. The largest absolute Gasteiger partial charge is 0.396 e. The number of benzene rings is 1. The van der Waals surface area contributed by atoms with E-state index >= 15 is 0 Å². The third-order valence-corrected chi connectivity index (χ3v) is 4.25. The molecule has 0 fully saturated rings. The minimum Gasteiger partial charge on any atom is -0.396 e. The van der Waals surface area contributed by atoms with E-state index in [1.54, 1.807) is 11.0 Å². The summed E-state index contributed by atoms with van der Waals surface area (Å²) < 4.78 is 0. The molecule has 1 atom stereocenters. The Morgan fingerprint density at radius 3 is 2.84 bits per heavy atom. The van der Waals surface area contributed by atoms with Gasteiger partial charge in [-0.1, -0.05) is 0 Å². The van der Waals surface area contributed by atoms with Crippen molar-refractivity contribution in [1.82, 2.24) is 0 Å². The van der Waals surface area contributed by atoms with Gasteiger partial charge in [-0.15, -0.1) is 11.8 Å². The van der Waals surface area contributed by atoms with Gasteiger partial charge in [0.25, 0.3) is 0 Å². The maximum atomic E-state index is 12.2. The van der Waals surface area contributed by atoms with Crippen LogP contribution in [-0.2, 0) is 4.79 Å². The van der Waals surface area contributed by atoms with E-state index in [0.29, 0.717) is 18.5 Å². The van der Waals surface area contributed by atoms with Crippen molar-refractivity contribution in [3.05, 3.63) is 23.8 Å². The molecule has 1 amide bonds. The summed E-state index contributed by atoms with van der Waals surface area (Å²) in [6.07, 6.45) is 0.553. The maximum Gasteiger partial charge on any atom is 0.240 e. The second-order valence-electron chi connectivity index (χ2n) is 4.57. The topological polar surface area (TPSA) is 57.6 Å². The molecule has 4 nitrogen and oxygen atoms in total. The number of anilines is 1. The Hall–Kier alpha value is -1.33.